The first-order valence-corrected chi connectivity index (χ1v) is 4.13. The average Bonchev–Trinajstić information content (AvgIpc) is 2.20. The molecule has 2 nitrogen and oxygen atoms in total. The van der Waals surface area contributed by atoms with Crippen molar-refractivity contribution in [3.8, 4) is 12.5 Å². The maximum Gasteiger partial charge on any atom is 0.265 e. The zero-order valence-electron chi connectivity index (χ0n) is 7.42. The van der Waals surface area contributed by atoms with E-state index in [1.165, 1.54) is 19.2 Å². The molecule has 0 bridgehead atoms. The molecule has 0 saturated heterocycles. The standard InChI is InChI=1S/C10H7ClFNO/c1-3-13(2)10(14)7-4-5-9(12)8(11)6-7/h1,4-6H,2H3. The Kier molecular flexibility index (Phi) is 3.10. The first-order chi connectivity index (χ1) is 6.56. The molecule has 0 aromatic heterocycles. The van der Waals surface area contributed by atoms with Gasteiger partial charge in [-0.1, -0.05) is 18.0 Å². The minimum absolute atomic E-state index is 0.0960. The third-order valence-corrected chi connectivity index (χ3v) is 1.95. The summed E-state index contributed by atoms with van der Waals surface area (Å²) in [5.41, 5.74) is 0.261. The van der Waals surface area contributed by atoms with Crippen molar-refractivity contribution >= 4 is 17.5 Å². The summed E-state index contributed by atoms with van der Waals surface area (Å²) in [6, 6.07) is 5.84. The van der Waals surface area contributed by atoms with Gasteiger partial charge in [-0.15, -0.1) is 0 Å². The van der Waals surface area contributed by atoms with E-state index in [9.17, 15) is 9.18 Å². The molecule has 0 spiro atoms. The van der Waals surface area contributed by atoms with Crippen LogP contribution in [0.2, 0.25) is 5.02 Å². The molecule has 14 heavy (non-hydrogen) atoms. The van der Waals surface area contributed by atoms with Gasteiger partial charge in [-0.25, -0.2) is 4.39 Å². The second-order valence-corrected chi connectivity index (χ2v) is 3.03. The van der Waals surface area contributed by atoms with Crippen LogP contribution in [0.4, 0.5) is 4.39 Å². The molecule has 1 aromatic rings. The predicted molar refractivity (Wildman–Crippen MR) is 52.3 cm³/mol. The van der Waals surface area contributed by atoms with Crippen molar-refractivity contribution in [2.75, 3.05) is 7.05 Å². The fourth-order valence-electron chi connectivity index (χ4n) is 0.881. The minimum Gasteiger partial charge on any atom is -0.271 e. The van der Waals surface area contributed by atoms with E-state index in [1.807, 2.05) is 0 Å². The Morgan fingerprint density at radius 1 is 1.64 bits per heavy atom. The fraction of sp³-hybridized carbons (Fsp3) is 0.100. The summed E-state index contributed by atoms with van der Waals surface area (Å²) in [5.74, 6) is -0.957. The second kappa shape index (κ2) is 4.12. The van der Waals surface area contributed by atoms with Gasteiger partial charge in [-0.2, -0.15) is 0 Å². The van der Waals surface area contributed by atoms with Crippen LogP contribution in [0.15, 0.2) is 18.2 Å². The van der Waals surface area contributed by atoms with Crippen LogP contribution < -0.4 is 0 Å². The summed E-state index contributed by atoms with van der Waals surface area (Å²) < 4.78 is 12.7. The molecule has 0 radical (unpaired) electrons. The smallest absolute Gasteiger partial charge is 0.265 e. The van der Waals surface area contributed by atoms with Crippen LogP contribution in [0.1, 0.15) is 10.4 Å². The van der Waals surface area contributed by atoms with Crippen LogP contribution >= 0.6 is 11.6 Å². The van der Waals surface area contributed by atoms with E-state index in [-0.39, 0.29) is 10.6 Å². The van der Waals surface area contributed by atoms with Gasteiger partial charge in [0, 0.05) is 18.7 Å². The predicted octanol–water partition coefficient (Wildman–Crippen LogP) is 2.14. The lowest BCUT2D eigenvalue weighted by Gasteiger charge is -2.08. The van der Waals surface area contributed by atoms with Gasteiger partial charge in [0.15, 0.2) is 0 Å². The Hall–Kier alpha value is -1.53. The first-order valence-electron chi connectivity index (χ1n) is 3.75. The Labute approximate surface area is 86.3 Å². The zero-order chi connectivity index (χ0) is 10.7. The summed E-state index contributed by atoms with van der Waals surface area (Å²) >= 11 is 5.51. The van der Waals surface area contributed by atoms with Crippen LogP contribution in [0.3, 0.4) is 0 Å². The molecule has 0 heterocycles. The molecular weight excluding hydrogens is 205 g/mol. The van der Waals surface area contributed by atoms with E-state index in [4.69, 9.17) is 18.0 Å². The van der Waals surface area contributed by atoms with Crippen molar-refractivity contribution in [2.45, 2.75) is 0 Å². The van der Waals surface area contributed by atoms with E-state index in [1.54, 1.807) is 0 Å². The molecular formula is C10H7ClFNO. The highest BCUT2D eigenvalue weighted by atomic mass is 35.5. The molecule has 0 aliphatic rings. The van der Waals surface area contributed by atoms with Crippen molar-refractivity contribution in [3.63, 3.8) is 0 Å². The summed E-state index contributed by atoms with van der Waals surface area (Å²) in [6.45, 7) is 0. The third kappa shape index (κ3) is 2.04. The summed E-state index contributed by atoms with van der Waals surface area (Å²) in [5, 5.41) is -0.0960. The number of carbonyl (C=O) groups is 1. The van der Waals surface area contributed by atoms with Gasteiger partial charge in [-0.05, 0) is 18.2 Å². The number of rotatable bonds is 1. The number of amides is 1. The first kappa shape index (κ1) is 10.6. The Bertz CT molecular complexity index is 411. The lowest BCUT2D eigenvalue weighted by Crippen LogP contribution is -2.21. The van der Waals surface area contributed by atoms with Gasteiger partial charge in [0.1, 0.15) is 5.82 Å². The minimum atomic E-state index is -0.563. The molecule has 0 fully saturated rings. The van der Waals surface area contributed by atoms with Gasteiger partial charge in [-0.3, -0.25) is 9.69 Å². The molecule has 1 rings (SSSR count). The van der Waals surface area contributed by atoms with Gasteiger partial charge >= 0.3 is 0 Å². The van der Waals surface area contributed by atoms with Crippen molar-refractivity contribution in [3.05, 3.63) is 34.6 Å². The number of halogens is 2. The van der Waals surface area contributed by atoms with E-state index >= 15 is 0 Å². The molecule has 4 heteroatoms. The highest BCUT2D eigenvalue weighted by Crippen LogP contribution is 2.16. The van der Waals surface area contributed by atoms with Crippen LogP contribution in [0, 0.1) is 18.3 Å². The number of benzene rings is 1. The molecule has 0 aliphatic heterocycles. The Morgan fingerprint density at radius 2 is 2.29 bits per heavy atom. The van der Waals surface area contributed by atoms with Gasteiger partial charge in [0.05, 0.1) is 5.02 Å². The number of nitrogens with zero attached hydrogens (tertiary/aromatic N) is 1. The third-order valence-electron chi connectivity index (χ3n) is 1.66. The highest BCUT2D eigenvalue weighted by Gasteiger charge is 2.11. The van der Waals surface area contributed by atoms with E-state index in [2.05, 4.69) is 6.04 Å². The highest BCUT2D eigenvalue weighted by molar-refractivity contribution is 6.31. The largest absolute Gasteiger partial charge is 0.271 e. The maximum atomic E-state index is 12.7. The summed E-state index contributed by atoms with van der Waals surface area (Å²) in [6.07, 6.45) is 5.03. The van der Waals surface area contributed by atoms with Crippen LogP contribution in [0.25, 0.3) is 0 Å². The van der Waals surface area contributed by atoms with Crippen molar-refractivity contribution in [1.82, 2.24) is 4.90 Å². The number of terminal acetylenes is 1. The van der Waals surface area contributed by atoms with E-state index in [0.29, 0.717) is 0 Å². The van der Waals surface area contributed by atoms with Crippen LogP contribution in [0.5, 0.6) is 0 Å². The topological polar surface area (TPSA) is 20.3 Å². The van der Waals surface area contributed by atoms with E-state index < -0.39 is 11.7 Å². The maximum absolute atomic E-state index is 12.7. The SMILES string of the molecule is C#CN(C)C(=O)c1ccc(F)c(Cl)c1. The summed E-state index contributed by atoms with van der Waals surface area (Å²) in [4.78, 5) is 12.5. The number of carbonyl (C=O) groups excluding carboxylic acids is 1. The monoisotopic (exact) mass is 211 g/mol. The van der Waals surface area contributed by atoms with Gasteiger partial charge < -0.3 is 0 Å². The summed E-state index contributed by atoms with van der Waals surface area (Å²) in [7, 11) is 1.44. The molecule has 0 unspecified atom stereocenters. The fourth-order valence-corrected chi connectivity index (χ4v) is 1.06. The molecule has 1 amide bonds. The van der Waals surface area contributed by atoms with Crippen molar-refractivity contribution in [1.29, 1.82) is 0 Å². The van der Waals surface area contributed by atoms with E-state index in [0.717, 1.165) is 11.0 Å². The average molecular weight is 212 g/mol. The zero-order valence-corrected chi connectivity index (χ0v) is 8.18. The number of hydrogen-bond donors (Lipinski definition) is 0. The van der Waals surface area contributed by atoms with Gasteiger partial charge in [0.2, 0.25) is 0 Å². The molecule has 0 atom stereocenters. The van der Waals surface area contributed by atoms with Crippen molar-refractivity contribution in [2.24, 2.45) is 0 Å². The Balaban J connectivity index is 3.04. The van der Waals surface area contributed by atoms with Gasteiger partial charge in [0.25, 0.3) is 5.91 Å². The lowest BCUT2D eigenvalue weighted by atomic mass is 10.2. The Morgan fingerprint density at radius 3 is 2.79 bits per heavy atom. The number of hydrogen-bond acceptors (Lipinski definition) is 1. The molecule has 0 saturated carbocycles. The van der Waals surface area contributed by atoms with Crippen LogP contribution in [-0.2, 0) is 0 Å². The second-order valence-electron chi connectivity index (χ2n) is 2.62. The normalized spacial score (nSPS) is 9.29. The van der Waals surface area contributed by atoms with Crippen molar-refractivity contribution < 1.29 is 9.18 Å². The molecule has 72 valence electrons. The lowest BCUT2D eigenvalue weighted by molar-refractivity contribution is 0.0860. The molecule has 0 aliphatic carbocycles. The molecule has 1 aromatic carbocycles. The molecule has 0 N–H and O–H groups in total. The quantitative estimate of drug-likeness (QED) is 0.515. The van der Waals surface area contributed by atoms with Crippen LogP contribution in [-0.4, -0.2) is 17.9 Å².